The van der Waals surface area contributed by atoms with Crippen molar-refractivity contribution in [2.75, 3.05) is 4.72 Å². The van der Waals surface area contributed by atoms with Crippen molar-refractivity contribution in [3.05, 3.63) is 40.7 Å². The van der Waals surface area contributed by atoms with E-state index in [-0.39, 0.29) is 21.3 Å². The van der Waals surface area contributed by atoms with Gasteiger partial charge in [0.2, 0.25) is 0 Å². The van der Waals surface area contributed by atoms with Gasteiger partial charge in [0.25, 0.3) is 16.4 Å². The fourth-order valence-electron chi connectivity index (χ4n) is 1.90. The number of sulfonamides is 1. The number of nitrogens with one attached hydrogen (secondary N) is 1. The first-order valence-corrected chi connectivity index (χ1v) is 7.69. The van der Waals surface area contributed by atoms with Crippen molar-refractivity contribution in [1.82, 2.24) is 9.78 Å². The second-order valence-electron chi connectivity index (χ2n) is 4.31. The summed E-state index contributed by atoms with van der Waals surface area (Å²) in [5.74, 6) is 0. The second kappa shape index (κ2) is 5.61. The van der Waals surface area contributed by atoms with E-state index in [2.05, 4.69) is 9.82 Å². The molecule has 1 heterocycles. The van der Waals surface area contributed by atoms with Gasteiger partial charge >= 0.3 is 0 Å². The molecule has 1 N–H and O–H groups in total. The Kier molecular flexibility index (Phi) is 4.20. The summed E-state index contributed by atoms with van der Waals surface area (Å²) in [5.41, 5.74) is -0.570. The van der Waals surface area contributed by atoms with Crippen LogP contribution in [0.4, 0.5) is 14.5 Å². The highest BCUT2D eigenvalue weighted by molar-refractivity contribution is 7.92. The van der Waals surface area contributed by atoms with Crippen molar-refractivity contribution in [3.8, 4) is 0 Å². The van der Waals surface area contributed by atoms with E-state index in [4.69, 9.17) is 11.6 Å². The van der Waals surface area contributed by atoms with Gasteiger partial charge in [0, 0.05) is 7.05 Å². The third-order valence-electron chi connectivity index (χ3n) is 2.84. The predicted molar refractivity (Wildman–Crippen MR) is 75.2 cm³/mol. The summed E-state index contributed by atoms with van der Waals surface area (Å²) >= 11 is 5.83. The standard InChI is InChI=1S/C12H12ClF2N3O2S/c1-7-10(11(12(14)15)18(2)16-7)17-21(19,20)9-6-4-3-5-8(9)13/h3-6,12,17H,1-2H3. The average molecular weight is 336 g/mol. The number of aromatic nitrogens is 2. The number of hydrogen-bond donors (Lipinski definition) is 1. The Balaban J connectivity index is 2.50. The van der Waals surface area contributed by atoms with Crippen LogP contribution in [0.25, 0.3) is 0 Å². The Bertz CT molecular complexity index is 775. The lowest BCUT2D eigenvalue weighted by Crippen LogP contribution is -2.15. The van der Waals surface area contributed by atoms with Crippen LogP contribution in [0.5, 0.6) is 0 Å². The maximum absolute atomic E-state index is 13.0. The summed E-state index contributed by atoms with van der Waals surface area (Å²) in [5, 5.41) is 3.81. The zero-order valence-electron chi connectivity index (χ0n) is 11.1. The molecule has 5 nitrogen and oxygen atoms in total. The Labute approximate surface area is 125 Å². The quantitative estimate of drug-likeness (QED) is 0.933. The van der Waals surface area contributed by atoms with E-state index in [1.165, 1.54) is 32.2 Å². The highest BCUT2D eigenvalue weighted by Gasteiger charge is 2.26. The molecule has 0 saturated heterocycles. The largest absolute Gasteiger partial charge is 0.282 e. The predicted octanol–water partition coefficient (Wildman–Crippen LogP) is 3.12. The molecule has 21 heavy (non-hydrogen) atoms. The van der Waals surface area contributed by atoms with E-state index < -0.39 is 22.1 Å². The Morgan fingerprint density at radius 3 is 2.52 bits per heavy atom. The second-order valence-corrected chi connectivity index (χ2v) is 6.36. The molecule has 1 aromatic heterocycles. The maximum atomic E-state index is 13.0. The summed E-state index contributed by atoms with van der Waals surface area (Å²) in [6.07, 6.45) is -2.86. The molecule has 0 atom stereocenters. The van der Waals surface area contributed by atoms with Crippen molar-refractivity contribution in [2.45, 2.75) is 18.2 Å². The summed E-state index contributed by atoms with van der Waals surface area (Å²) < 4.78 is 53.7. The molecule has 0 aliphatic heterocycles. The van der Waals surface area contributed by atoms with E-state index in [0.717, 1.165) is 4.68 Å². The third kappa shape index (κ3) is 3.01. The van der Waals surface area contributed by atoms with Crippen molar-refractivity contribution in [1.29, 1.82) is 0 Å². The van der Waals surface area contributed by atoms with E-state index >= 15 is 0 Å². The Hall–Kier alpha value is -1.67. The molecule has 0 aliphatic rings. The fourth-order valence-corrected chi connectivity index (χ4v) is 3.56. The fraction of sp³-hybridized carbons (Fsp3) is 0.250. The van der Waals surface area contributed by atoms with Crippen LogP contribution < -0.4 is 4.72 Å². The van der Waals surface area contributed by atoms with E-state index in [0.29, 0.717) is 0 Å². The van der Waals surface area contributed by atoms with Crippen LogP contribution in [-0.2, 0) is 17.1 Å². The van der Waals surface area contributed by atoms with Gasteiger partial charge < -0.3 is 0 Å². The van der Waals surface area contributed by atoms with Crippen LogP contribution in [0.1, 0.15) is 17.8 Å². The molecule has 0 saturated carbocycles. The minimum atomic E-state index is -4.08. The molecule has 0 spiro atoms. The molecular weight excluding hydrogens is 324 g/mol. The van der Waals surface area contributed by atoms with Gasteiger partial charge in [-0.15, -0.1) is 0 Å². The van der Waals surface area contributed by atoms with Gasteiger partial charge in [-0.25, -0.2) is 17.2 Å². The molecule has 114 valence electrons. The van der Waals surface area contributed by atoms with Gasteiger partial charge in [-0.3, -0.25) is 9.40 Å². The zero-order chi connectivity index (χ0) is 15.8. The number of anilines is 1. The van der Waals surface area contributed by atoms with E-state index in [1.54, 1.807) is 6.07 Å². The molecule has 0 bridgehead atoms. The van der Waals surface area contributed by atoms with Crippen molar-refractivity contribution in [3.63, 3.8) is 0 Å². The lowest BCUT2D eigenvalue weighted by atomic mass is 10.3. The molecule has 9 heteroatoms. The maximum Gasteiger partial charge on any atom is 0.282 e. The first kappa shape index (κ1) is 15.7. The first-order chi connectivity index (χ1) is 9.74. The zero-order valence-corrected chi connectivity index (χ0v) is 12.7. The molecule has 1 aromatic carbocycles. The van der Waals surface area contributed by atoms with Crippen LogP contribution in [0.15, 0.2) is 29.2 Å². The van der Waals surface area contributed by atoms with Gasteiger partial charge in [0.1, 0.15) is 10.6 Å². The number of halogens is 3. The molecule has 0 fully saturated rings. The van der Waals surface area contributed by atoms with Crippen LogP contribution in [0.2, 0.25) is 5.02 Å². The number of benzene rings is 1. The number of hydrogen-bond acceptors (Lipinski definition) is 3. The Morgan fingerprint density at radius 2 is 1.95 bits per heavy atom. The van der Waals surface area contributed by atoms with Gasteiger partial charge in [-0.05, 0) is 19.1 Å². The third-order valence-corrected chi connectivity index (χ3v) is 4.69. The SMILES string of the molecule is Cc1nn(C)c(C(F)F)c1NS(=O)(=O)c1ccccc1Cl. The normalized spacial score (nSPS) is 11.9. The molecule has 2 aromatic rings. The minimum Gasteiger partial charge on any atom is -0.276 e. The summed E-state index contributed by atoms with van der Waals surface area (Å²) in [4.78, 5) is -0.185. The van der Waals surface area contributed by atoms with Gasteiger partial charge in [-0.1, -0.05) is 23.7 Å². The summed E-state index contributed by atoms with van der Waals surface area (Å²) in [7, 11) is -2.76. The average Bonchev–Trinajstić information content (AvgIpc) is 2.63. The smallest absolute Gasteiger partial charge is 0.276 e. The minimum absolute atomic E-state index is 0.00476. The number of rotatable bonds is 4. The van der Waals surface area contributed by atoms with Crippen molar-refractivity contribution >= 4 is 27.3 Å². The lowest BCUT2D eigenvalue weighted by Gasteiger charge is -2.11. The van der Waals surface area contributed by atoms with E-state index in [9.17, 15) is 17.2 Å². The number of nitrogens with zero attached hydrogens (tertiary/aromatic N) is 2. The Morgan fingerprint density at radius 1 is 1.33 bits per heavy atom. The van der Waals surface area contributed by atoms with Crippen molar-refractivity contribution < 1.29 is 17.2 Å². The lowest BCUT2D eigenvalue weighted by molar-refractivity contribution is 0.141. The van der Waals surface area contributed by atoms with Crippen LogP contribution in [-0.4, -0.2) is 18.2 Å². The first-order valence-electron chi connectivity index (χ1n) is 5.83. The van der Waals surface area contributed by atoms with Crippen LogP contribution in [0.3, 0.4) is 0 Å². The summed E-state index contributed by atoms with van der Waals surface area (Å²) in [6.45, 7) is 1.44. The van der Waals surface area contributed by atoms with Gasteiger partial charge in [0.05, 0.1) is 16.4 Å². The van der Waals surface area contributed by atoms with Crippen molar-refractivity contribution in [2.24, 2.45) is 7.05 Å². The van der Waals surface area contributed by atoms with E-state index in [1.807, 2.05) is 0 Å². The molecule has 0 aliphatic carbocycles. The summed E-state index contributed by atoms with van der Waals surface area (Å²) in [6, 6.07) is 5.75. The van der Waals surface area contributed by atoms with Gasteiger partial charge in [0.15, 0.2) is 0 Å². The highest BCUT2D eigenvalue weighted by Crippen LogP contribution is 2.32. The molecule has 2 rings (SSSR count). The highest BCUT2D eigenvalue weighted by atomic mass is 35.5. The number of alkyl halides is 2. The monoisotopic (exact) mass is 335 g/mol. The van der Waals surface area contributed by atoms with Crippen LogP contribution in [0, 0.1) is 6.92 Å². The molecule has 0 amide bonds. The van der Waals surface area contributed by atoms with Gasteiger partial charge in [-0.2, -0.15) is 5.10 Å². The molecular formula is C12H12ClF2N3O2S. The topological polar surface area (TPSA) is 64.0 Å². The molecule has 0 radical (unpaired) electrons. The molecule has 0 unspecified atom stereocenters. The van der Waals surface area contributed by atoms with Crippen LogP contribution >= 0.6 is 11.6 Å². The number of aryl methyl sites for hydroxylation is 2.